The number of nitrogens with one attached hydrogen (secondary N) is 7. The van der Waals surface area contributed by atoms with Crippen molar-refractivity contribution < 1.29 is 43.5 Å². The second-order valence-corrected chi connectivity index (χ2v) is 18.5. The molecule has 1 rings (SSSR count). The number of hydrogen-bond acceptors (Lipinski definition) is 12. The number of carbonyl (C=O) groups is 8. The SMILES string of the molecule is CC[C@H](C)[C@H](N)C(=O)N[C@@H](CCSC)C(=O)N[C@@H](Cc1ccccc1)C(=O)N[C@@H](CCCN=C(N)N)C(=O)NCC(=O)N[C@H](C(=O)N[C@@H](CCCN=C(N)N)C(=O)N[C@@H](CC(C)C)C(=O)O)C(C)C. The summed E-state index contributed by atoms with van der Waals surface area (Å²) < 4.78 is 0. The van der Waals surface area contributed by atoms with Gasteiger partial charge in [0.1, 0.15) is 36.3 Å². The molecule has 0 radical (unpaired) electrons. The molecule has 0 aromatic heterocycles. The number of nitrogens with zero attached hydrogens (tertiary/aromatic N) is 2. The van der Waals surface area contributed by atoms with Crippen LogP contribution in [0, 0.1) is 17.8 Å². The fraction of sp³-hybridized carbons (Fsp3) is 0.644. The Hall–Kier alpha value is -6.17. The fourth-order valence-electron chi connectivity index (χ4n) is 6.71. The Bertz CT molecular complexity index is 1880. The molecule has 0 aliphatic carbocycles. The molecule has 24 heteroatoms. The van der Waals surface area contributed by atoms with E-state index in [1.165, 1.54) is 11.8 Å². The summed E-state index contributed by atoms with van der Waals surface area (Å²) in [4.78, 5) is 115. The Labute approximate surface area is 409 Å². The standard InChI is InChI=1S/C45H78N14O9S/c1-8-27(6)35(46)41(65)55-31(18-21-69-7)39(63)57-32(23-28-14-10-9-11-15-28)40(64)54-29(16-12-19-51-44(47)48)37(61)53-24-34(60)59-36(26(4)5)42(66)56-30(17-13-20-52-45(49)50)38(62)58-33(43(67)68)22-25(2)3/h9-11,14-15,25-27,29-33,35-36H,8,12-13,16-24,46H2,1-7H3,(H,53,61)(H,54,64)(H,55,65)(H,56,66)(H,57,63)(H,58,62)(H,59,60)(H,67,68)(H4,47,48,51)(H4,49,50,52)/t27-,29-,30-,31-,32-,33-,35-,36-/m0/s1. The maximum Gasteiger partial charge on any atom is 0.326 e. The quantitative estimate of drug-likeness (QED) is 0.0212. The number of aliphatic carboxylic acids is 1. The van der Waals surface area contributed by atoms with E-state index in [2.05, 4.69) is 47.2 Å². The number of amides is 7. The van der Waals surface area contributed by atoms with Crippen LogP contribution in [0.3, 0.4) is 0 Å². The molecule has 0 aliphatic rings. The number of rotatable bonds is 33. The lowest BCUT2D eigenvalue weighted by Crippen LogP contribution is -2.59. The largest absolute Gasteiger partial charge is 0.480 e. The molecule has 7 amide bonds. The number of hydrogen-bond donors (Lipinski definition) is 13. The molecule has 0 spiro atoms. The van der Waals surface area contributed by atoms with Gasteiger partial charge < -0.3 is 71.0 Å². The molecular weight excluding hydrogens is 913 g/mol. The highest BCUT2D eigenvalue weighted by Gasteiger charge is 2.33. The lowest BCUT2D eigenvalue weighted by Gasteiger charge is -2.27. The van der Waals surface area contributed by atoms with Gasteiger partial charge in [0.25, 0.3) is 0 Å². The summed E-state index contributed by atoms with van der Waals surface area (Å²) in [6, 6.07) is 0.758. The second-order valence-electron chi connectivity index (χ2n) is 17.6. The third-order valence-electron chi connectivity index (χ3n) is 10.9. The van der Waals surface area contributed by atoms with E-state index >= 15 is 0 Å². The van der Waals surface area contributed by atoms with E-state index in [-0.39, 0.29) is 81.8 Å². The average molecular weight is 991 g/mol. The van der Waals surface area contributed by atoms with Gasteiger partial charge in [-0.1, -0.05) is 78.3 Å². The Morgan fingerprint density at radius 3 is 1.61 bits per heavy atom. The van der Waals surface area contributed by atoms with Crippen LogP contribution in [-0.2, 0) is 44.8 Å². The maximum atomic E-state index is 14.2. The van der Waals surface area contributed by atoms with Crippen LogP contribution in [0.4, 0.5) is 0 Å². The summed E-state index contributed by atoms with van der Waals surface area (Å²) in [5.41, 5.74) is 28.7. The fourth-order valence-corrected chi connectivity index (χ4v) is 7.18. The Balaban J connectivity index is 3.35. The second kappa shape index (κ2) is 32.6. The van der Waals surface area contributed by atoms with Crippen molar-refractivity contribution in [2.24, 2.45) is 56.4 Å². The molecule has 1 aromatic rings. The molecule has 0 fully saturated rings. The van der Waals surface area contributed by atoms with E-state index < -0.39 is 102 Å². The highest BCUT2D eigenvalue weighted by molar-refractivity contribution is 7.98. The molecule has 8 atom stereocenters. The molecule has 69 heavy (non-hydrogen) atoms. The minimum Gasteiger partial charge on any atom is -0.480 e. The summed E-state index contributed by atoms with van der Waals surface area (Å²) in [5, 5.41) is 28.1. The van der Waals surface area contributed by atoms with Crippen LogP contribution < -0.4 is 65.9 Å². The van der Waals surface area contributed by atoms with Gasteiger partial charge in [-0.05, 0) is 73.9 Å². The predicted molar refractivity (Wildman–Crippen MR) is 267 cm³/mol. The number of guanidine groups is 2. The number of benzene rings is 1. The Morgan fingerprint density at radius 1 is 0.638 bits per heavy atom. The van der Waals surface area contributed by atoms with Gasteiger partial charge in [-0.2, -0.15) is 11.8 Å². The topological polar surface area (TPSA) is 396 Å². The minimum absolute atomic E-state index is 0.00820. The van der Waals surface area contributed by atoms with E-state index in [4.69, 9.17) is 28.7 Å². The van der Waals surface area contributed by atoms with Gasteiger partial charge in [-0.3, -0.25) is 43.5 Å². The first kappa shape index (κ1) is 60.8. The Kier molecular flexibility index (Phi) is 28.7. The number of carboxylic acids is 1. The van der Waals surface area contributed by atoms with Gasteiger partial charge in [0, 0.05) is 19.5 Å². The lowest BCUT2D eigenvalue weighted by molar-refractivity contribution is -0.143. The Morgan fingerprint density at radius 2 is 1.12 bits per heavy atom. The molecule has 23 nitrogen and oxygen atoms in total. The summed E-state index contributed by atoms with van der Waals surface area (Å²) in [5.74, 6) is -6.84. The molecule has 388 valence electrons. The summed E-state index contributed by atoms with van der Waals surface area (Å²) in [6.07, 6.45) is 3.32. The molecule has 0 aliphatic heterocycles. The van der Waals surface area contributed by atoms with Crippen molar-refractivity contribution in [2.75, 3.05) is 31.6 Å². The molecule has 0 heterocycles. The first-order valence-corrected chi connectivity index (χ1v) is 24.6. The molecule has 0 saturated carbocycles. The van der Waals surface area contributed by atoms with Gasteiger partial charge in [0.15, 0.2) is 11.9 Å². The number of carbonyl (C=O) groups excluding carboxylic acids is 7. The van der Waals surface area contributed by atoms with Gasteiger partial charge in [0.05, 0.1) is 12.6 Å². The summed E-state index contributed by atoms with van der Waals surface area (Å²) in [7, 11) is 0. The minimum atomic E-state index is -1.28. The van der Waals surface area contributed by atoms with Gasteiger partial charge in [0.2, 0.25) is 41.4 Å². The molecule has 0 saturated heterocycles. The van der Waals surface area contributed by atoms with Crippen molar-refractivity contribution in [3.63, 3.8) is 0 Å². The van der Waals surface area contributed by atoms with Crippen LogP contribution >= 0.6 is 11.8 Å². The van der Waals surface area contributed by atoms with Crippen LogP contribution in [-0.4, -0.2) is 138 Å². The van der Waals surface area contributed by atoms with Gasteiger partial charge in [-0.25, -0.2) is 4.79 Å². The van der Waals surface area contributed by atoms with Crippen LogP contribution in [0.1, 0.15) is 92.1 Å². The molecule has 18 N–H and O–H groups in total. The zero-order valence-electron chi connectivity index (χ0n) is 41.0. The predicted octanol–water partition coefficient (Wildman–Crippen LogP) is -1.73. The number of thioether (sulfide) groups is 1. The normalized spacial score (nSPS) is 14.5. The van der Waals surface area contributed by atoms with Crippen molar-refractivity contribution in [1.82, 2.24) is 37.2 Å². The van der Waals surface area contributed by atoms with E-state index in [0.717, 1.165) is 0 Å². The zero-order chi connectivity index (χ0) is 52.2. The lowest BCUT2D eigenvalue weighted by atomic mass is 9.99. The van der Waals surface area contributed by atoms with Crippen LogP contribution in [0.5, 0.6) is 0 Å². The van der Waals surface area contributed by atoms with Crippen molar-refractivity contribution in [2.45, 2.75) is 135 Å². The zero-order valence-corrected chi connectivity index (χ0v) is 41.9. The van der Waals surface area contributed by atoms with Crippen LogP contribution in [0.25, 0.3) is 0 Å². The van der Waals surface area contributed by atoms with Gasteiger partial charge >= 0.3 is 5.97 Å². The first-order chi connectivity index (χ1) is 32.5. The molecule has 0 bridgehead atoms. The number of aliphatic imine (C=N–C) groups is 2. The summed E-state index contributed by atoms with van der Waals surface area (Å²) in [6.45, 7) is 10.2. The van der Waals surface area contributed by atoms with Gasteiger partial charge in [-0.15, -0.1) is 0 Å². The third kappa shape index (κ3) is 24.6. The monoisotopic (exact) mass is 991 g/mol. The molecule has 1 aromatic carbocycles. The number of carboxylic acid groups (broad SMARTS) is 1. The first-order valence-electron chi connectivity index (χ1n) is 23.2. The summed E-state index contributed by atoms with van der Waals surface area (Å²) >= 11 is 1.47. The average Bonchev–Trinajstić information content (AvgIpc) is 3.29. The van der Waals surface area contributed by atoms with E-state index in [0.29, 0.717) is 17.7 Å². The van der Waals surface area contributed by atoms with E-state index in [1.807, 2.05) is 20.1 Å². The smallest absolute Gasteiger partial charge is 0.326 e. The third-order valence-corrected chi connectivity index (χ3v) is 11.5. The highest BCUT2D eigenvalue weighted by atomic mass is 32.2. The van der Waals surface area contributed by atoms with E-state index in [9.17, 15) is 43.5 Å². The number of nitrogens with two attached hydrogens (primary N) is 5. The van der Waals surface area contributed by atoms with E-state index in [1.54, 1.807) is 58.0 Å². The van der Waals surface area contributed by atoms with Crippen LogP contribution in [0.15, 0.2) is 40.3 Å². The van der Waals surface area contributed by atoms with Crippen LogP contribution in [0.2, 0.25) is 0 Å². The molecule has 0 unspecified atom stereocenters. The highest BCUT2D eigenvalue weighted by Crippen LogP contribution is 2.12. The maximum absolute atomic E-state index is 14.2. The van der Waals surface area contributed by atoms with Crippen molar-refractivity contribution in [1.29, 1.82) is 0 Å². The van der Waals surface area contributed by atoms with Crippen molar-refractivity contribution in [3.05, 3.63) is 35.9 Å². The van der Waals surface area contributed by atoms with Crippen molar-refractivity contribution in [3.8, 4) is 0 Å². The van der Waals surface area contributed by atoms with Crippen molar-refractivity contribution >= 4 is 71.0 Å². The molecular formula is C45H78N14O9S.